The van der Waals surface area contributed by atoms with Crippen molar-refractivity contribution in [3.8, 4) is 0 Å². The molecule has 152 valence electrons. The Bertz CT molecular complexity index is 929. The van der Waals surface area contributed by atoms with Crippen LogP contribution in [-0.4, -0.2) is 27.4 Å². The van der Waals surface area contributed by atoms with Crippen molar-refractivity contribution < 1.29 is 33.1 Å². The van der Waals surface area contributed by atoms with Gasteiger partial charge in [0.05, 0.1) is 6.10 Å². The lowest BCUT2D eigenvalue weighted by molar-refractivity contribution is -0.308. The minimum Gasteiger partial charge on any atom is -0.808 e. The molecule has 1 fully saturated rings. The zero-order valence-electron chi connectivity index (χ0n) is 14.8. The quantitative estimate of drug-likeness (QED) is 0.559. The Kier molecular flexibility index (Phi) is 6.48. The average molecular weight is 421 g/mol. The van der Waals surface area contributed by atoms with Crippen LogP contribution in [-0.2, 0) is 18.4 Å². The molecule has 1 saturated heterocycles. The third kappa shape index (κ3) is 5.58. The molecule has 0 bridgehead atoms. The van der Waals surface area contributed by atoms with Gasteiger partial charge in [-0.25, -0.2) is 4.79 Å². The molecule has 0 spiro atoms. The lowest BCUT2D eigenvalue weighted by Gasteiger charge is -2.31. The molecule has 1 aliphatic rings. The molecule has 0 aromatic carbocycles. The van der Waals surface area contributed by atoms with E-state index in [-0.39, 0.29) is 12.0 Å². The van der Waals surface area contributed by atoms with E-state index in [9.17, 15) is 33.4 Å². The van der Waals surface area contributed by atoms with E-state index in [1.807, 2.05) is 0 Å². The number of H-pyrrole nitrogens is 1. The van der Waals surface area contributed by atoms with Crippen LogP contribution in [0.5, 0.6) is 0 Å². The summed E-state index contributed by atoms with van der Waals surface area (Å²) in [7, 11) is -9.31. The molecule has 2 rings (SSSR count). The Balaban J connectivity index is 2.36. The van der Waals surface area contributed by atoms with Gasteiger partial charge in [-0.1, -0.05) is 25.7 Å². The number of rotatable bonds is 6. The number of nitrogens with zero attached hydrogens (tertiary/aromatic N) is 1. The van der Waals surface area contributed by atoms with E-state index in [1.165, 1.54) is 27.0 Å². The molecule has 0 aliphatic carbocycles. The third-order valence-electron chi connectivity index (χ3n) is 3.94. The van der Waals surface area contributed by atoms with Crippen molar-refractivity contribution in [2.75, 3.05) is 0 Å². The number of hydrogen-bond acceptors (Lipinski definition) is 9. The third-order valence-corrected chi connectivity index (χ3v) is 6.31. The lowest BCUT2D eigenvalue weighted by atomic mass is 10.2. The Hall–Kier alpha value is -1.32. The molecular weight excluding hydrogens is 402 g/mol. The number of aromatic nitrogens is 2. The van der Waals surface area contributed by atoms with E-state index in [0.717, 1.165) is 10.6 Å². The van der Waals surface area contributed by atoms with Crippen molar-refractivity contribution >= 4 is 15.2 Å². The number of ether oxygens (including phenoxy) is 1. The van der Waals surface area contributed by atoms with Gasteiger partial charge in [0.15, 0.2) is 0 Å². The van der Waals surface area contributed by atoms with Gasteiger partial charge in [-0.3, -0.25) is 14.3 Å². The summed E-state index contributed by atoms with van der Waals surface area (Å²) >= 11 is 0. The van der Waals surface area contributed by atoms with Gasteiger partial charge >= 0.3 is 5.69 Å². The van der Waals surface area contributed by atoms with Gasteiger partial charge in [-0.05, 0) is 14.5 Å². The Labute approximate surface area is 154 Å². The van der Waals surface area contributed by atoms with Crippen LogP contribution in [0.25, 0.3) is 0 Å². The summed E-state index contributed by atoms with van der Waals surface area (Å²) in [5.74, 6) is 0.363. The first-order valence-corrected chi connectivity index (χ1v) is 11.2. The van der Waals surface area contributed by atoms with Crippen LogP contribution >= 0.6 is 15.2 Å². The van der Waals surface area contributed by atoms with Crippen LogP contribution in [0.15, 0.2) is 27.7 Å². The highest BCUT2D eigenvalue weighted by Crippen LogP contribution is 2.47. The molecule has 1 aromatic heterocycles. The van der Waals surface area contributed by atoms with Crippen LogP contribution in [0, 0.1) is 6.92 Å². The summed E-state index contributed by atoms with van der Waals surface area (Å²) in [6, 6.07) is 0. The maximum atomic E-state index is 12.1. The van der Waals surface area contributed by atoms with E-state index in [0.29, 0.717) is 5.82 Å². The number of aryl methyl sites for hydroxylation is 1. The van der Waals surface area contributed by atoms with Crippen LogP contribution < -0.4 is 25.9 Å². The van der Waals surface area contributed by atoms with Gasteiger partial charge < -0.3 is 33.1 Å². The second-order valence-electron chi connectivity index (χ2n) is 6.43. The smallest absolute Gasteiger partial charge is 0.330 e. The Morgan fingerprint density at radius 2 is 1.96 bits per heavy atom. The second kappa shape index (κ2) is 7.97. The molecule has 27 heavy (non-hydrogen) atoms. The summed E-state index contributed by atoms with van der Waals surface area (Å²) in [6.07, 6.45) is -1.39. The summed E-state index contributed by atoms with van der Waals surface area (Å²) in [5, 5.41) is 0. The lowest BCUT2D eigenvalue weighted by Crippen LogP contribution is -2.33. The molecule has 1 aliphatic heterocycles. The molecule has 0 radical (unpaired) electrons. The Morgan fingerprint density at radius 3 is 2.52 bits per heavy atom. The van der Waals surface area contributed by atoms with Crippen LogP contribution in [0.4, 0.5) is 0 Å². The standard InChI is InChI=1S/C14H22N2O9P2/c1-8(2)27(22,23)25-11-6-12(24-10(11)4-5-26(19,20)21)16-7-9(3)13(17)15-14(16)18/h4-5,7-8,10-12H,6H2,1-3H3,(H,22,23)(H,15,17,18)(H2,19,20,21)/p-3/b5-4+. The maximum absolute atomic E-state index is 12.1. The van der Waals surface area contributed by atoms with Gasteiger partial charge in [0, 0.05) is 23.8 Å². The summed E-state index contributed by atoms with van der Waals surface area (Å²) in [6.45, 7) is 4.28. The highest BCUT2D eigenvalue weighted by molar-refractivity contribution is 7.52. The van der Waals surface area contributed by atoms with Crippen molar-refractivity contribution in [3.63, 3.8) is 0 Å². The van der Waals surface area contributed by atoms with Crippen LogP contribution in [0.1, 0.15) is 32.1 Å². The molecule has 0 amide bonds. The molecule has 2 heterocycles. The van der Waals surface area contributed by atoms with Gasteiger partial charge in [-0.15, -0.1) is 0 Å². The van der Waals surface area contributed by atoms with Crippen molar-refractivity contribution in [2.24, 2.45) is 0 Å². The van der Waals surface area contributed by atoms with E-state index >= 15 is 0 Å². The molecule has 13 heteroatoms. The van der Waals surface area contributed by atoms with Crippen LogP contribution in [0.3, 0.4) is 0 Å². The first kappa shape index (κ1) is 22.0. The molecule has 4 atom stereocenters. The Morgan fingerprint density at radius 1 is 1.33 bits per heavy atom. The second-order valence-corrected chi connectivity index (χ2v) is 10.1. The largest absolute Gasteiger partial charge is 0.808 e. The van der Waals surface area contributed by atoms with E-state index in [2.05, 4.69) is 4.98 Å². The number of aromatic amines is 1. The van der Waals surface area contributed by atoms with Gasteiger partial charge in [0.25, 0.3) is 5.56 Å². The van der Waals surface area contributed by atoms with Gasteiger partial charge in [-0.2, -0.15) is 0 Å². The summed E-state index contributed by atoms with van der Waals surface area (Å²) in [5.41, 5.74) is -1.99. The predicted molar refractivity (Wildman–Crippen MR) is 88.9 cm³/mol. The number of nitrogens with one attached hydrogen (secondary N) is 1. The monoisotopic (exact) mass is 421 g/mol. The molecule has 0 saturated carbocycles. The number of hydrogen-bond donors (Lipinski definition) is 1. The first-order chi connectivity index (χ1) is 12.3. The van der Waals surface area contributed by atoms with Crippen molar-refractivity contribution in [1.82, 2.24) is 9.55 Å². The predicted octanol–water partition coefficient (Wildman–Crippen LogP) is -1.09. The SMILES string of the molecule is Cc1cn(C2CC(OP(=O)([O-])C(C)C)C(/C=C/P(=O)([O-])[O-])O2)c(=O)[nH]c1=O. The molecule has 11 nitrogen and oxygen atoms in total. The van der Waals surface area contributed by atoms with Crippen molar-refractivity contribution in [3.05, 3.63) is 44.5 Å². The fourth-order valence-electron chi connectivity index (χ4n) is 2.41. The van der Waals surface area contributed by atoms with Crippen molar-refractivity contribution in [2.45, 2.75) is 51.3 Å². The fourth-order valence-corrected chi connectivity index (χ4v) is 3.62. The topological polar surface area (TPSA) is 177 Å². The summed E-state index contributed by atoms with van der Waals surface area (Å²) in [4.78, 5) is 59.4. The maximum Gasteiger partial charge on any atom is 0.330 e. The molecule has 4 unspecified atom stereocenters. The first-order valence-electron chi connectivity index (χ1n) is 7.98. The minimum absolute atomic E-state index is 0.124. The average Bonchev–Trinajstić information content (AvgIpc) is 2.90. The normalized spacial score (nSPS) is 26.0. The van der Waals surface area contributed by atoms with E-state index in [1.54, 1.807) is 0 Å². The van der Waals surface area contributed by atoms with E-state index in [4.69, 9.17) is 9.26 Å². The van der Waals surface area contributed by atoms with E-state index < -0.39 is 50.5 Å². The zero-order valence-corrected chi connectivity index (χ0v) is 16.6. The highest BCUT2D eigenvalue weighted by atomic mass is 31.2. The zero-order chi connectivity index (χ0) is 20.6. The molecular formula is C14H19N2O9P2-3. The highest BCUT2D eigenvalue weighted by Gasteiger charge is 2.38. The van der Waals surface area contributed by atoms with Crippen molar-refractivity contribution in [1.29, 1.82) is 0 Å². The van der Waals surface area contributed by atoms with Gasteiger partial charge in [0.2, 0.25) is 0 Å². The molecule has 1 N–H and O–H groups in total. The molecule has 1 aromatic rings. The fraction of sp³-hybridized carbons (Fsp3) is 0.571. The van der Waals surface area contributed by atoms with Crippen LogP contribution in [0.2, 0.25) is 0 Å². The summed E-state index contributed by atoms with van der Waals surface area (Å²) < 4.78 is 34.6. The van der Waals surface area contributed by atoms with Gasteiger partial charge in [0.1, 0.15) is 19.9 Å². The minimum atomic E-state index is -5.01.